The van der Waals surface area contributed by atoms with Crippen LogP contribution in [0, 0.1) is 0 Å². The van der Waals surface area contributed by atoms with Gasteiger partial charge in [0.15, 0.2) is 0 Å². The summed E-state index contributed by atoms with van der Waals surface area (Å²) in [6.45, 7) is 0.891. The molecule has 6 heteroatoms. The highest BCUT2D eigenvalue weighted by molar-refractivity contribution is 7.99. The van der Waals surface area contributed by atoms with Crippen molar-refractivity contribution in [3.05, 3.63) is 29.8 Å². The van der Waals surface area contributed by atoms with E-state index in [0.717, 1.165) is 22.8 Å². The molecule has 1 atom stereocenters. The lowest BCUT2D eigenvalue weighted by Gasteiger charge is -2.36. The van der Waals surface area contributed by atoms with Gasteiger partial charge in [-0.15, -0.1) is 11.8 Å². The zero-order valence-electron chi connectivity index (χ0n) is 12.2. The number of benzene rings is 1. The van der Waals surface area contributed by atoms with Gasteiger partial charge in [0.1, 0.15) is 11.1 Å². The summed E-state index contributed by atoms with van der Waals surface area (Å²) in [5, 5.41) is 8.86. The molecule has 0 bridgehead atoms. The lowest BCUT2D eigenvalue weighted by Crippen LogP contribution is -2.38. The zero-order valence-corrected chi connectivity index (χ0v) is 13.8. The van der Waals surface area contributed by atoms with E-state index in [1.54, 1.807) is 30.6 Å². The fraction of sp³-hybridized carbons (Fsp3) is 0.533. The smallest absolute Gasteiger partial charge is 0.224 e. The van der Waals surface area contributed by atoms with Crippen molar-refractivity contribution in [1.82, 2.24) is 4.90 Å². The number of thioether (sulfide) groups is 2. The average Bonchev–Trinajstić information content (AvgIpc) is 2.52. The Hall–Kier alpha value is -0.850. The molecule has 0 saturated carbocycles. The lowest BCUT2D eigenvalue weighted by molar-refractivity contribution is -0.131. The van der Waals surface area contributed by atoms with Gasteiger partial charge in [0, 0.05) is 35.8 Å². The van der Waals surface area contributed by atoms with Gasteiger partial charge in [-0.25, -0.2) is 0 Å². The molecule has 0 spiro atoms. The molecule has 0 aliphatic carbocycles. The standard InChI is InChI=1S/C15H21NO3S2/c1-19-13-5-3-2-4-12(13)15-16(7-10-20-11-8-17)14(18)6-9-21-15/h2-5,15,17H,6-11H2,1H3. The van der Waals surface area contributed by atoms with Crippen molar-refractivity contribution in [2.75, 3.05) is 37.5 Å². The highest BCUT2D eigenvalue weighted by Gasteiger charge is 2.31. The van der Waals surface area contributed by atoms with Crippen molar-refractivity contribution < 1.29 is 14.6 Å². The molecule has 116 valence electrons. The van der Waals surface area contributed by atoms with Gasteiger partial charge in [0.25, 0.3) is 0 Å². The first kappa shape index (κ1) is 16.5. The molecular formula is C15H21NO3S2. The predicted octanol–water partition coefficient (Wildman–Crippen LogP) is 2.38. The number of carbonyl (C=O) groups is 1. The summed E-state index contributed by atoms with van der Waals surface area (Å²) in [6, 6.07) is 7.89. The molecule has 0 aromatic heterocycles. The van der Waals surface area contributed by atoms with Crippen molar-refractivity contribution in [1.29, 1.82) is 0 Å². The number of ether oxygens (including phenoxy) is 1. The summed E-state index contributed by atoms with van der Waals surface area (Å²) in [4.78, 5) is 14.2. The van der Waals surface area contributed by atoms with E-state index in [1.807, 2.05) is 29.2 Å². The van der Waals surface area contributed by atoms with E-state index in [9.17, 15) is 4.79 Å². The molecular weight excluding hydrogens is 306 g/mol. The Morgan fingerprint density at radius 3 is 3.00 bits per heavy atom. The second-order valence-corrected chi connectivity index (χ2v) is 7.05. The summed E-state index contributed by atoms with van der Waals surface area (Å²) in [5.74, 6) is 3.45. The van der Waals surface area contributed by atoms with Crippen LogP contribution in [-0.2, 0) is 4.79 Å². The van der Waals surface area contributed by atoms with Crippen LogP contribution in [0.15, 0.2) is 24.3 Å². The maximum atomic E-state index is 12.3. The number of aliphatic hydroxyl groups excluding tert-OH is 1. The molecule has 1 aliphatic heterocycles. The monoisotopic (exact) mass is 327 g/mol. The number of nitrogens with zero attached hydrogens (tertiary/aromatic N) is 1. The van der Waals surface area contributed by atoms with E-state index in [1.165, 1.54) is 0 Å². The lowest BCUT2D eigenvalue weighted by atomic mass is 10.1. The van der Waals surface area contributed by atoms with Gasteiger partial charge in [-0.2, -0.15) is 11.8 Å². The zero-order chi connectivity index (χ0) is 15.1. The fourth-order valence-electron chi connectivity index (χ4n) is 2.32. The highest BCUT2D eigenvalue weighted by atomic mass is 32.2. The first-order valence-electron chi connectivity index (χ1n) is 7.00. The van der Waals surface area contributed by atoms with Crippen LogP contribution in [0.25, 0.3) is 0 Å². The number of methoxy groups -OCH3 is 1. The molecule has 21 heavy (non-hydrogen) atoms. The molecule has 1 aliphatic rings. The van der Waals surface area contributed by atoms with Gasteiger partial charge < -0.3 is 14.7 Å². The minimum Gasteiger partial charge on any atom is -0.496 e. The maximum absolute atomic E-state index is 12.3. The minimum atomic E-state index is 0.0251. The minimum absolute atomic E-state index is 0.0251. The Kier molecular flexibility index (Phi) is 6.73. The molecule has 4 nitrogen and oxygen atoms in total. The van der Waals surface area contributed by atoms with Crippen molar-refractivity contribution in [2.24, 2.45) is 0 Å². The third-order valence-corrected chi connectivity index (χ3v) is 5.52. The Balaban J connectivity index is 2.12. The fourth-order valence-corrected chi connectivity index (χ4v) is 4.27. The van der Waals surface area contributed by atoms with Gasteiger partial charge in [-0.05, 0) is 6.07 Å². The van der Waals surface area contributed by atoms with E-state index < -0.39 is 0 Å². The Morgan fingerprint density at radius 2 is 2.24 bits per heavy atom. The molecule has 1 fully saturated rings. The van der Waals surface area contributed by atoms with E-state index in [2.05, 4.69) is 0 Å². The topological polar surface area (TPSA) is 49.8 Å². The van der Waals surface area contributed by atoms with Crippen LogP contribution in [-0.4, -0.2) is 53.4 Å². The number of para-hydroxylation sites is 1. The molecule has 1 saturated heterocycles. The number of hydrogen-bond donors (Lipinski definition) is 1. The van der Waals surface area contributed by atoms with E-state index in [-0.39, 0.29) is 17.9 Å². The quantitative estimate of drug-likeness (QED) is 0.779. The maximum Gasteiger partial charge on any atom is 0.224 e. The van der Waals surface area contributed by atoms with Crippen LogP contribution in [0.2, 0.25) is 0 Å². The van der Waals surface area contributed by atoms with Crippen LogP contribution in [0.5, 0.6) is 5.75 Å². The predicted molar refractivity (Wildman–Crippen MR) is 88.9 cm³/mol. The second-order valence-electron chi connectivity index (χ2n) is 4.64. The third-order valence-electron chi connectivity index (χ3n) is 3.31. The van der Waals surface area contributed by atoms with Crippen LogP contribution in [0.4, 0.5) is 0 Å². The molecule has 1 aromatic carbocycles. The average molecular weight is 327 g/mol. The summed E-state index contributed by atoms with van der Waals surface area (Å²) in [6.07, 6.45) is 0.598. The van der Waals surface area contributed by atoms with Crippen molar-refractivity contribution in [3.63, 3.8) is 0 Å². The third kappa shape index (κ3) is 4.31. The van der Waals surface area contributed by atoms with Crippen LogP contribution in [0.3, 0.4) is 0 Å². The first-order valence-corrected chi connectivity index (χ1v) is 9.21. The number of hydrogen-bond acceptors (Lipinski definition) is 5. The Labute approximate surface area is 134 Å². The van der Waals surface area contributed by atoms with E-state index in [0.29, 0.717) is 18.7 Å². The number of rotatable bonds is 7. The van der Waals surface area contributed by atoms with Gasteiger partial charge in [-0.3, -0.25) is 4.79 Å². The summed E-state index contributed by atoms with van der Waals surface area (Å²) >= 11 is 3.46. The van der Waals surface area contributed by atoms with Crippen LogP contribution in [0.1, 0.15) is 17.4 Å². The second kappa shape index (κ2) is 8.56. The van der Waals surface area contributed by atoms with Crippen molar-refractivity contribution in [3.8, 4) is 5.75 Å². The van der Waals surface area contributed by atoms with Crippen LogP contribution < -0.4 is 4.74 Å². The van der Waals surface area contributed by atoms with Crippen LogP contribution >= 0.6 is 23.5 Å². The first-order chi connectivity index (χ1) is 10.3. The summed E-state index contributed by atoms with van der Waals surface area (Å²) in [5.41, 5.74) is 1.06. The largest absolute Gasteiger partial charge is 0.496 e. The molecule has 1 amide bonds. The van der Waals surface area contributed by atoms with Crippen molar-refractivity contribution in [2.45, 2.75) is 11.8 Å². The molecule has 2 rings (SSSR count). The SMILES string of the molecule is COc1ccccc1C1SCCC(=O)N1CCSCCO. The van der Waals surface area contributed by atoms with Gasteiger partial charge in [0.05, 0.1) is 13.7 Å². The molecule has 1 N–H and O–H groups in total. The van der Waals surface area contributed by atoms with Gasteiger partial charge >= 0.3 is 0 Å². The molecule has 1 aromatic rings. The molecule has 1 heterocycles. The van der Waals surface area contributed by atoms with E-state index >= 15 is 0 Å². The molecule has 1 unspecified atom stereocenters. The Bertz CT molecular complexity index is 470. The van der Waals surface area contributed by atoms with Gasteiger partial charge in [0.2, 0.25) is 5.91 Å². The molecule has 0 radical (unpaired) electrons. The Morgan fingerprint density at radius 1 is 1.43 bits per heavy atom. The number of amides is 1. The summed E-state index contributed by atoms with van der Waals surface area (Å²) in [7, 11) is 1.66. The van der Waals surface area contributed by atoms with Gasteiger partial charge in [-0.1, -0.05) is 18.2 Å². The highest BCUT2D eigenvalue weighted by Crippen LogP contribution is 2.41. The van der Waals surface area contributed by atoms with Crippen molar-refractivity contribution >= 4 is 29.4 Å². The summed E-state index contributed by atoms with van der Waals surface area (Å²) < 4.78 is 5.44. The normalized spacial score (nSPS) is 18.9. The number of carbonyl (C=O) groups excluding carboxylic acids is 1. The van der Waals surface area contributed by atoms with E-state index in [4.69, 9.17) is 9.84 Å². The number of aliphatic hydroxyl groups is 1.